The molecule has 2 heterocycles. The third kappa shape index (κ3) is 3.57. The number of amides is 2. The highest BCUT2D eigenvalue weighted by Gasteiger charge is 2.35. The van der Waals surface area contributed by atoms with Gasteiger partial charge in [0.1, 0.15) is 0 Å². The Kier molecular flexibility index (Phi) is 4.78. The van der Waals surface area contributed by atoms with Crippen LogP contribution < -0.4 is 10.6 Å². The van der Waals surface area contributed by atoms with Gasteiger partial charge in [-0.05, 0) is 44.7 Å². The van der Waals surface area contributed by atoms with Gasteiger partial charge in [-0.3, -0.25) is 9.59 Å². The van der Waals surface area contributed by atoms with Crippen LogP contribution in [-0.4, -0.2) is 48.4 Å². The first-order chi connectivity index (χ1) is 10.2. The summed E-state index contributed by atoms with van der Waals surface area (Å²) in [6.07, 6.45) is 8.52. The summed E-state index contributed by atoms with van der Waals surface area (Å²) in [6, 6.07) is 0.312. The molecule has 1 atom stereocenters. The Morgan fingerprint density at radius 3 is 2.38 bits per heavy atom. The van der Waals surface area contributed by atoms with Crippen LogP contribution in [-0.2, 0) is 9.59 Å². The van der Waals surface area contributed by atoms with Crippen LogP contribution in [0.4, 0.5) is 0 Å². The number of carbonyl (C=O) groups excluding carboxylic acids is 2. The Morgan fingerprint density at radius 1 is 0.952 bits per heavy atom. The molecule has 5 heteroatoms. The van der Waals surface area contributed by atoms with Crippen LogP contribution in [0.5, 0.6) is 0 Å². The first kappa shape index (κ1) is 14.8. The maximum Gasteiger partial charge on any atom is 0.239 e. The monoisotopic (exact) mass is 293 g/mol. The highest BCUT2D eigenvalue weighted by Crippen LogP contribution is 2.29. The molecule has 3 aliphatic rings. The number of nitrogens with zero attached hydrogens (tertiary/aromatic N) is 1. The molecule has 2 saturated heterocycles. The van der Waals surface area contributed by atoms with Crippen molar-refractivity contribution >= 4 is 11.8 Å². The Labute approximate surface area is 126 Å². The normalized spacial score (nSPS) is 30.1. The van der Waals surface area contributed by atoms with Crippen LogP contribution in [0.1, 0.15) is 51.4 Å². The second-order valence-corrected chi connectivity index (χ2v) is 6.78. The molecule has 2 amide bonds. The Hall–Kier alpha value is -1.10. The predicted octanol–water partition coefficient (Wildman–Crippen LogP) is 1.04. The van der Waals surface area contributed by atoms with Crippen molar-refractivity contribution in [1.29, 1.82) is 0 Å². The van der Waals surface area contributed by atoms with Crippen molar-refractivity contribution in [2.24, 2.45) is 5.92 Å². The van der Waals surface area contributed by atoms with Crippen LogP contribution in [0.25, 0.3) is 0 Å². The molecule has 1 aliphatic carbocycles. The van der Waals surface area contributed by atoms with E-state index in [9.17, 15) is 9.59 Å². The first-order valence-electron chi connectivity index (χ1n) is 8.53. The van der Waals surface area contributed by atoms with Gasteiger partial charge >= 0.3 is 0 Å². The minimum atomic E-state index is 0.0370. The van der Waals surface area contributed by atoms with Gasteiger partial charge in [-0.2, -0.15) is 0 Å². The van der Waals surface area contributed by atoms with Gasteiger partial charge in [-0.15, -0.1) is 0 Å². The molecule has 3 fully saturated rings. The fraction of sp³-hybridized carbons (Fsp3) is 0.875. The molecule has 5 nitrogen and oxygen atoms in total. The van der Waals surface area contributed by atoms with E-state index in [2.05, 4.69) is 10.6 Å². The van der Waals surface area contributed by atoms with Gasteiger partial charge in [-0.1, -0.05) is 19.3 Å². The molecule has 0 spiro atoms. The maximum absolute atomic E-state index is 12.6. The lowest BCUT2D eigenvalue weighted by Gasteiger charge is -2.33. The third-order valence-corrected chi connectivity index (χ3v) is 5.34. The van der Waals surface area contributed by atoms with Gasteiger partial charge in [0.15, 0.2) is 0 Å². The number of nitrogens with one attached hydrogen (secondary N) is 2. The van der Waals surface area contributed by atoms with Crippen molar-refractivity contribution in [3.8, 4) is 0 Å². The second-order valence-electron chi connectivity index (χ2n) is 6.78. The molecule has 0 unspecified atom stereocenters. The largest absolute Gasteiger partial charge is 0.351 e. The molecule has 1 saturated carbocycles. The van der Waals surface area contributed by atoms with Crippen LogP contribution in [0.2, 0.25) is 0 Å². The average Bonchev–Trinajstić information content (AvgIpc) is 2.68. The van der Waals surface area contributed by atoms with E-state index in [4.69, 9.17) is 0 Å². The molecule has 3 rings (SSSR count). The molecular formula is C16H27N3O2. The number of carbonyl (C=O) groups is 2. The quantitative estimate of drug-likeness (QED) is 0.799. The summed E-state index contributed by atoms with van der Waals surface area (Å²) in [5, 5.41) is 6.45. The van der Waals surface area contributed by atoms with Crippen molar-refractivity contribution in [1.82, 2.24) is 15.5 Å². The lowest BCUT2D eigenvalue weighted by molar-refractivity contribution is -0.136. The highest BCUT2D eigenvalue weighted by molar-refractivity contribution is 5.88. The summed E-state index contributed by atoms with van der Waals surface area (Å²) < 4.78 is 0. The zero-order valence-electron chi connectivity index (χ0n) is 12.8. The SMILES string of the molecule is O=C1CN(C2CCNCC2)C(=O)C[C@@H](C2CCCCC2)N1. The van der Waals surface area contributed by atoms with Crippen LogP contribution in [0, 0.1) is 5.92 Å². The summed E-state index contributed by atoms with van der Waals surface area (Å²) in [7, 11) is 0. The van der Waals surface area contributed by atoms with E-state index in [1.165, 1.54) is 19.3 Å². The topological polar surface area (TPSA) is 61.4 Å². The average molecular weight is 293 g/mol. The van der Waals surface area contributed by atoms with Gasteiger partial charge in [0, 0.05) is 18.5 Å². The first-order valence-corrected chi connectivity index (χ1v) is 8.53. The standard InChI is InChI=1S/C16H27N3O2/c20-15-11-19(13-6-8-17-9-7-13)16(21)10-14(18-15)12-4-2-1-3-5-12/h12-14,17H,1-11H2,(H,18,20)/t14-/m0/s1. The van der Waals surface area contributed by atoms with Gasteiger partial charge in [0.2, 0.25) is 11.8 Å². The summed E-state index contributed by atoms with van der Waals surface area (Å²) >= 11 is 0. The minimum absolute atomic E-state index is 0.0370. The Balaban J connectivity index is 1.66. The lowest BCUT2D eigenvalue weighted by Crippen LogP contribution is -2.47. The Morgan fingerprint density at radius 2 is 1.67 bits per heavy atom. The van der Waals surface area contributed by atoms with E-state index < -0.39 is 0 Å². The molecular weight excluding hydrogens is 266 g/mol. The summed E-state index contributed by atoms with van der Waals surface area (Å²) in [5.41, 5.74) is 0. The van der Waals surface area contributed by atoms with Gasteiger partial charge in [0.05, 0.1) is 6.54 Å². The summed E-state index contributed by atoms with van der Waals surface area (Å²) in [4.78, 5) is 26.7. The molecule has 0 aromatic rings. The van der Waals surface area contributed by atoms with E-state index in [1.807, 2.05) is 4.90 Å². The van der Waals surface area contributed by atoms with Gasteiger partial charge < -0.3 is 15.5 Å². The zero-order chi connectivity index (χ0) is 14.7. The van der Waals surface area contributed by atoms with E-state index in [-0.39, 0.29) is 30.4 Å². The summed E-state index contributed by atoms with van der Waals surface area (Å²) in [6.45, 7) is 2.15. The molecule has 0 radical (unpaired) electrons. The lowest BCUT2D eigenvalue weighted by atomic mass is 9.82. The van der Waals surface area contributed by atoms with Crippen LogP contribution in [0.3, 0.4) is 0 Å². The van der Waals surface area contributed by atoms with E-state index in [1.54, 1.807) is 0 Å². The number of piperidine rings is 1. The molecule has 21 heavy (non-hydrogen) atoms. The van der Waals surface area contributed by atoms with Crippen molar-refractivity contribution in [3.05, 3.63) is 0 Å². The van der Waals surface area contributed by atoms with E-state index in [0.29, 0.717) is 12.3 Å². The zero-order valence-corrected chi connectivity index (χ0v) is 12.8. The smallest absolute Gasteiger partial charge is 0.239 e. The number of hydrogen-bond acceptors (Lipinski definition) is 3. The second kappa shape index (κ2) is 6.77. The summed E-state index contributed by atoms with van der Waals surface area (Å²) in [5.74, 6) is 0.713. The van der Waals surface area contributed by atoms with Gasteiger partial charge in [-0.25, -0.2) is 0 Å². The van der Waals surface area contributed by atoms with E-state index in [0.717, 1.165) is 38.8 Å². The molecule has 2 aliphatic heterocycles. The van der Waals surface area contributed by atoms with Crippen LogP contribution in [0.15, 0.2) is 0 Å². The molecule has 0 bridgehead atoms. The van der Waals surface area contributed by atoms with Crippen molar-refractivity contribution in [3.63, 3.8) is 0 Å². The maximum atomic E-state index is 12.6. The highest BCUT2D eigenvalue weighted by atomic mass is 16.2. The number of rotatable bonds is 2. The molecule has 0 aromatic carbocycles. The molecule has 2 N–H and O–H groups in total. The predicted molar refractivity (Wildman–Crippen MR) is 80.7 cm³/mol. The molecule has 118 valence electrons. The van der Waals surface area contributed by atoms with Crippen molar-refractivity contribution < 1.29 is 9.59 Å². The fourth-order valence-corrected chi connectivity index (χ4v) is 4.12. The fourth-order valence-electron chi connectivity index (χ4n) is 4.12. The van der Waals surface area contributed by atoms with Crippen molar-refractivity contribution in [2.45, 2.75) is 63.5 Å². The van der Waals surface area contributed by atoms with Gasteiger partial charge in [0.25, 0.3) is 0 Å². The minimum Gasteiger partial charge on any atom is -0.351 e. The third-order valence-electron chi connectivity index (χ3n) is 5.34. The molecule has 0 aromatic heterocycles. The van der Waals surface area contributed by atoms with Crippen molar-refractivity contribution in [2.75, 3.05) is 19.6 Å². The van der Waals surface area contributed by atoms with E-state index >= 15 is 0 Å². The Bertz CT molecular complexity index is 387. The number of hydrogen-bond donors (Lipinski definition) is 2. The van der Waals surface area contributed by atoms with Crippen LogP contribution >= 0.6 is 0 Å².